The number of piperidine rings is 1. The van der Waals surface area contributed by atoms with Crippen molar-refractivity contribution >= 4 is 51.6 Å². The van der Waals surface area contributed by atoms with E-state index in [1.165, 1.54) is 19.3 Å². The Bertz CT molecular complexity index is 2150. The van der Waals surface area contributed by atoms with Crippen molar-refractivity contribution < 1.29 is 22.8 Å². The minimum atomic E-state index is -1.41. The van der Waals surface area contributed by atoms with E-state index in [0.29, 0.717) is 29.6 Å². The van der Waals surface area contributed by atoms with Crippen molar-refractivity contribution in [3.63, 3.8) is 0 Å². The molecule has 0 atom stereocenters. The Labute approximate surface area is 312 Å². The van der Waals surface area contributed by atoms with E-state index in [2.05, 4.69) is 27.4 Å². The van der Waals surface area contributed by atoms with E-state index in [4.69, 9.17) is 16.6 Å². The number of fused-ring (bicyclic) bond motifs is 2. The number of aromatic nitrogens is 3. The number of anilines is 3. The third kappa shape index (κ3) is 5.87. The standard InChI is InChI=1S/C40H45ClF3N7O2/c1-22(2)50-21-45-29-17-27(46-35(34(29)50)47-28-16-25(31(41)33(44)32(28)43)36(52)48-40(20-42)11-12-40)23-9-10-26-30(15-23)51(37(53)38(26,3)4)24-18-39(5,19-24)49-13-7-6-8-14-49/h9-10,15-17,21-22,24H,6-8,11-14,18-20H2,1-5H3,(H,46,47)(H,48,52)/t24-,39+. The van der Waals surface area contributed by atoms with Gasteiger partial charge in [-0.05, 0) is 110 Å². The molecule has 2 N–H and O–H groups in total. The summed E-state index contributed by atoms with van der Waals surface area (Å²) in [5, 5.41) is 4.85. The maximum atomic E-state index is 15.6. The van der Waals surface area contributed by atoms with Gasteiger partial charge in [-0.1, -0.05) is 30.2 Å². The van der Waals surface area contributed by atoms with Gasteiger partial charge in [0.05, 0.1) is 44.8 Å². The first-order valence-electron chi connectivity index (χ1n) is 18.6. The van der Waals surface area contributed by atoms with Crippen LogP contribution in [0.25, 0.3) is 22.3 Å². The molecule has 53 heavy (non-hydrogen) atoms. The molecule has 280 valence electrons. The Morgan fingerprint density at radius 2 is 1.75 bits per heavy atom. The van der Waals surface area contributed by atoms with Gasteiger partial charge in [-0.25, -0.2) is 23.1 Å². The fraction of sp³-hybridized carbons (Fsp3) is 0.500. The molecule has 8 rings (SSSR count). The Morgan fingerprint density at radius 1 is 1.04 bits per heavy atom. The summed E-state index contributed by atoms with van der Waals surface area (Å²) in [6, 6.07) is 8.90. The van der Waals surface area contributed by atoms with Crippen molar-refractivity contribution in [1.29, 1.82) is 0 Å². The molecule has 0 spiro atoms. The third-order valence-corrected chi connectivity index (χ3v) is 12.4. The van der Waals surface area contributed by atoms with Crippen molar-refractivity contribution in [3.8, 4) is 11.3 Å². The van der Waals surface area contributed by atoms with E-state index in [1.54, 1.807) is 6.33 Å². The van der Waals surface area contributed by atoms with Crippen LogP contribution in [-0.4, -0.2) is 68.1 Å². The molecule has 2 aliphatic heterocycles. The molecule has 4 heterocycles. The largest absolute Gasteiger partial charge is 0.344 e. The summed E-state index contributed by atoms with van der Waals surface area (Å²) < 4.78 is 46.4. The number of likely N-dealkylation sites (tertiary alicyclic amines) is 1. The van der Waals surface area contributed by atoms with Gasteiger partial charge in [0.1, 0.15) is 12.2 Å². The molecule has 0 bridgehead atoms. The van der Waals surface area contributed by atoms with Crippen LogP contribution in [0.3, 0.4) is 0 Å². The maximum absolute atomic E-state index is 15.6. The van der Waals surface area contributed by atoms with E-state index < -0.39 is 40.2 Å². The van der Waals surface area contributed by atoms with Gasteiger partial charge in [0.2, 0.25) is 5.91 Å². The number of nitrogens with one attached hydrogen (secondary N) is 2. The number of halogens is 4. The molecule has 9 nitrogen and oxygen atoms in total. The van der Waals surface area contributed by atoms with Crippen LogP contribution in [-0.2, 0) is 10.2 Å². The molecular weight excluding hydrogens is 703 g/mol. The Kier molecular flexibility index (Phi) is 8.60. The molecule has 2 amide bonds. The Hall–Kier alpha value is -4.16. The van der Waals surface area contributed by atoms with Gasteiger partial charge in [-0.3, -0.25) is 14.5 Å². The number of amides is 2. The smallest absolute Gasteiger partial charge is 0.253 e. The van der Waals surface area contributed by atoms with Crippen LogP contribution in [0.1, 0.15) is 102 Å². The van der Waals surface area contributed by atoms with Crippen LogP contribution in [0, 0.1) is 11.6 Å². The topological polar surface area (TPSA) is 95.4 Å². The van der Waals surface area contributed by atoms with Gasteiger partial charge in [0.15, 0.2) is 17.5 Å². The maximum Gasteiger partial charge on any atom is 0.253 e. The number of pyridine rings is 1. The number of carbonyl (C=O) groups is 2. The minimum absolute atomic E-state index is 0.0586. The molecule has 2 aliphatic carbocycles. The van der Waals surface area contributed by atoms with Gasteiger partial charge < -0.3 is 20.1 Å². The molecule has 2 saturated carbocycles. The van der Waals surface area contributed by atoms with Gasteiger partial charge >= 0.3 is 0 Å². The lowest BCUT2D eigenvalue weighted by Crippen LogP contribution is -2.64. The van der Waals surface area contributed by atoms with E-state index >= 15 is 8.78 Å². The first kappa shape index (κ1) is 35.8. The molecule has 13 heteroatoms. The molecule has 2 aromatic carbocycles. The number of carbonyl (C=O) groups excluding carboxylic acids is 2. The summed E-state index contributed by atoms with van der Waals surface area (Å²) >= 11 is 6.13. The van der Waals surface area contributed by atoms with E-state index in [0.717, 1.165) is 48.8 Å². The fourth-order valence-corrected chi connectivity index (χ4v) is 8.79. The summed E-state index contributed by atoms with van der Waals surface area (Å²) in [7, 11) is 0. The van der Waals surface area contributed by atoms with E-state index in [9.17, 15) is 14.0 Å². The van der Waals surface area contributed by atoms with Gasteiger partial charge in [-0.2, -0.15) is 0 Å². The SMILES string of the molecule is CC(C)n1cnc2cc(-c3ccc4c(c3)N([C@H]3C[C@@](C)(N5CCCCC5)C3)C(=O)C4(C)C)nc(Nc3cc(C(=O)NC4(CF)CC4)c(Cl)c(F)c3F)c21. The lowest BCUT2D eigenvalue weighted by Gasteiger charge is -2.55. The lowest BCUT2D eigenvalue weighted by atomic mass is 9.71. The molecular formula is C40H45ClF3N7O2. The molecule has 2 aromatic heterocycles. The number of rotatable bonds is 9. The molecule has 4 aromatic rings. The highest BCUT2D eigenvalue weighted by Gasteiger charge is 2.54. The molecule has 4 aliphatic rings. The van der Waals surface area contributed by atoms with Crippen molar-refractivity contribution in [1.82, 2.24) is 24.8 Å². The van der Waals surface area contributed by atoms with Gasteiger partial charge in [0, 0.05) is 28.9 Å². The first-order chi connectivity index (χ1) is 25.2. The third-order valence-electron chi connectivity index (χ3n) is 12.1. The highest BCUT2D eigenvalue weighted by molar-refractivity contribution is 6.34. The summed E-state index contributed by atoms with van der Waals surface area (Å²) in [6.45, 7) is 11.6. The average Bonchev–Trinajstić information content (AvgIpc) is 3.71. The number of nitrogens with zero attached hydrogens (tertiary/aromatic N) is 5. The van der Waals surface area contributed by atoms with Crippen molar-refractivity contribution in [2.45, 2.75) is 108 Å². The zero-order valence-corrected chi connectivity index (χ0v) is 31.5. The zero-order chi connectivity index (χ0) is 37.6. The molecule has 0 radical (unpaired) electrons. The summed E-state index contributed by atoms with van der Waals surface area (Å²) in [5.74, 6) is -3.23. The van der Waals surface area contributed by atoms with E-state index in [-0.39, 0.29) is 40.6 Å². The number of hydrogen-bond donors (Lipinski definition) is 2. The second-order valence-electron chi connectivity index (χ2n) is 16.5. The van der Waals surface area contributed by atoms with Gasteiger partial charge in [0.25, 0.3) is 5.91 Å². The zero-order valence-electron chi connectivity index (χ0n) is 30.8. The number of benzene rings is 2. The van der Waals surface area contributed by atoms with Crippen LogP contribution in [0.2, 0.25) is 5.02 Å². The predicted molar refractivity (Wildman–Crippen MR) is 201 cm³/mol. The van der Waals surface area contributed by atoms with Crippen LogP contribution in [0.5, 0.6) is 0 Å². The fourth-order valence-electron chi connectivity index (χ4n) is 8.56. The number of hydrogen-bond acceptors (Lipinski definition) is 6. The predicted octanol–water partition coefficient (Wildman–Crippen LogP) is 8.62. The van der Waals surface area contributed by atoms with Crippen LogP contribution < -0.4 is 15.5 Å². The van der Waals surface area contributed by atoms with Gasteiger partial charge in [-0.15, -0.1) is 0 Å². The normalized spacial score (nSPS) is 23.3. The van der Waals surface area contributed by atoms with Crippen LogP contribution in [0.15, 0.2) is 36.7 Å². The minimum Gasteiger partial charge on any atom is -0.344 e. The second kappa shape index (κ2) is 12.7. The first-order valence-corrected chi connectivity index (χ1v) is 19.0. The average molecular weight is 748 g/mol. The number of imidazole rings is 1. The molecule has 0 unspecified atom stereocenters. The highest BCUT2D eigenvalue weighted by atomic mass is 35.5. The van der Waals surface area contributed by atoms with Crippen LogP contribution >= 0.6 is 11.6 Å². The van der Waals surface area contributed by atoms with Crippen molar-refractivity contribution in [2.75, 3.05) is 30.0 Å². The summed E-state index contributed by atoms with van der Waals surface area (Å²) in [4.78, 5) is 41.4. The Morgan fingerprint density at radius 3 is 2.42 bits per heavy atom. The summed E-state index contributed by atoms with van der Waals surface area (Å²) in [6.07, 6.45) is 8.05. The van der Waals surface area contributed by atoms with Crippen molar-refractivity contribution in [2.24, 2.45) is 0 Å². The highest BCUT2D eigenvalue weighted by Crippen LogP contribution is 2.51. The lowest BCUT2D eigenvalue weighted by molar-refractivity contribution is -0.123. The van der Waals surface area contributed by atoms with Crippen LogP contribution in [0.4, 0.5) is 30.4 Å². The summed E-state index contributed by atoms with van der Waals surface area (Å²) in [5.41, 5.74) is 1.82. The number of alkyl halides is 1. The monoisotopic (exact) mass is 747 g/mol. The second-order valence-corrected chi connectivity index (χ2v) is 16.9. The molecule has 3 fully saturated rings. The van der Waals surface area contributed by atoms with E-state index in [1.807, 2.05) is 61.4 Å². The quantitative estimate of drug-likeness (QED) is 0.167. The Balaban J connectivity index is 1.17. The van der Waals surface area contributed by atoms with Crippen molar-refractivity contribution in [3.05, 3.63) is 64.4 Å². The molecule has 1 saturated heterocycles.